The average molecular weight is 456 g/mol. The van der Waals surface area contributed by atoms with Gasteiger partial charge in [-0.2, -0.15) is 4.98 Å². The molecule has 6 nitrogen and oxygen atoms in total. The van der Waals surface area contributed by atoms with Crippen LogP contribution < -0.4 is 10.2 Å². The normalized spacial score (nSPS) is 14.5. The number of aryl methyl sites for hydroxylation is 1. The van der Waals surface area contributed by atoms with E-state index in [-0.39, 0.29) is 5.91 Å². The highest BCUT2D eigenvalue weighted by Gasteiger charge is 2.18. The molecule has 1 N–H and O–H groups in total. The molecule has 0 atom stereocenters. The summed E-state index contributed by atoms with van der Waals surface area (Å²) in [5.41, 5.74) is 2.87. The maximum absolute atomic E-state index is 12.5. The molecule has 3 heterocycles. The van der Waals surface area contributed by atoms with E-state index in [0.29, 0.717) is 5.75 Å². The Bertz CT molecular complexity index is 997. The lowest BCUT2D eigenvalue weighted by atomic mass is 10.1. The highest BCUT2D eigenvalue weighted by Crippen LogP contribution is 2.34. The van der Waals surface area contributed by atoms with Gasteiger partial charge in [0.05, 0.1) is 5.75 Å². The van der Waals surface area contributed by atoms with E-state index < -0.39 is 0 Å². The molecule has 1 fully saturated rings. The number of carbonyl (C=O) groups excluding carboxylic acids is 1. The molecule has 164 valence electrons. The fraction of sp³-hybridized carbons (Fsp3) is 0.478. The van der Waals surface area contributed by atoms with E-state index >= 15 is 0 Å². The van der Waals surface area contributed by atoms with Crippen molar-refractivity contribution in [2.24, 2.45) is 0 Å². The first-order chi connectivity index (χ1) is 15.2. The second kappa shape index (κ2) is 10.9. The summed E-state index contributed by atoms with van der Waals surface area (Å²) in [5.74, 6) is 0.274. The van der Waals surface area contributed by atoms with Gasteiger partial charge in [-0.3, -0.25) is 4.79 Å². The number of fused-ring (bicyclic) bond motifs is 1. The van der Waals surface area contributed by atoms with Crippen molar-refractivity contribution in [2.75, 3.05) is 29.1 Å². The molecule has 1 aromatic carbocycles. The van der Waals surface area contributed by atoms with Crippen molar-refractivity contribution >= 4 is 50.2 Å². The van der Waals surface area contributed by atoms with E-state index in [1.807, 2.05) is 12.1 Å². The number of carbonyl (C=O) groups is 1. The zero-order valence-electron chi connectivity index (χ0n) is 18.0. The minimum atomic E-state index is -0.0321. The molecule has 0 spiro atoms. The Morgan fingerprint density at radius 3 is 2.65 bits per heavy atom. The number of aromatic nitrogens is 3. The lowest BCUT2D eigenvalue weighted by molar-refractivity contribution is -0.113. The average Bonchev–Trinajstić information content (AvgIpc) is 3.04. The number of anilines is 2. The highest BCUT2D eigenvalue weighted by molar-refractivity contribution is 8.00. The Labute approximate surface area is 191 Å². The molecule has 0 saturated carbocycles. The molecule has 0 unspecified atom stereocenters. The first-order valence-corrected chi connectivity index (χ1v) is 12.9. The van der Waals surface area contributed by atoms with Crippen LogP contribution in [0.5, 0.6) is 0 Å². The van der Waals surface area contributed by atoms with Gasteiger partial charge >= 0.3 is 0 Å². The van der Waals surface area contributed by atoms with Crippen LogP contribution in [0.1, 0.15) is 51.0 Å². The second-order valence-corrected chi connectivity index (χ2v) is 9.81. The zero-order valence-corrected chi connectivity index (χ0v) is 19.6. The number of benzene rings is 1. The second-order valence-electron chi connectivity index (χ2n) is 7.87. The summed E-state index contributed by atoms with van der Waals surface area (Å²) in [6.07, 6.45) is 10.0. The van der Waals surface area contributed by atoms with Gasteiger partial charge in [-0.15, -0.1) is 0 Å². The number of hydrogen-bond donors (Lipinski definition) is 1. The third-order valence-corrected chi connectivity index (χ3v) is 7.65. The van der Waals surface area contributed by atoms with Crippen LogP contribution in [0.3, 0.4) is 0 Å². The maximum Gasteiger partial charge on any atom is 0.234 e. The van der Waals surface area contributed by atoms with Gasteiger partial charge in [-0.1, -0.05) is 61.4 Å². The van der Waals surface area contributed by atoms with E-state index in [2.05, 4.69) is 39.2 Å². The van der Waals surface area contributed by atoms with E-state index in [9.17, 15) is 4.79 Å². The van der Waals surface area contributed by atoms with Crippen molar-refractivity contribution in [3.63, 3.8) is 0 Å². The predicted molar refractivity (Wildman–Crippen MR) is 130 cm³/mol. The quantitative estimate of drug-likeness (QED) is 0.355. The monoisotopic (exact) mass is 455 g/mol. The summed E-state index contributed by atoms with van der Waals surface area (Å²) in [6.45, 7) is 4.30. The molecule has 0 bridgehead atoms. The number of unbranched alkanes of at least 4 members (excludes halogenated alkanes) is 1. The Morgan fingerprint density at radius 1 is 1.13 bits per heavy atom. The van der Waals surface area contributed by atoms with Crippen LogP contribution in [0.4, 0.5) is 10.8 Å². The minimum absolute atomic E-state index is 0.0321. The fourth-order valence-corrected chi connectivity index (χ4v) is 5.63. The van der Waals surface area contributed by atoms with Crippen molar-refractivity contribution in [3.8, 4) is 0 Å². The van der Waals surface area contributed by atoms with Crippen molar-refractivity contribution in [1.82, 2.24) is 15.0 Å². The van der Waals surface area contributed by atoms with E-state index in [1.165, 1.54) is 55.9 Å². The Kier molecular flexibility index (Phi) is 7.75. The van der Waals surface area contributed by atoms with Gasteiger partial charge in [0.15, 0.2) is 10.8 Å². The van der Waals surface area contributed by atoms with E-state index in [4.69, 9.17) is 4.98 Å². The molecule has 31 heavy (non-hydrogen) atoms. The first-order valence-electron chi connectivity index (χ1n) is 11.1. The number of nitrogens with one attached hydrogen (secondary N) is 1. The molecule has 4 rings (SSSR count). The largest absolute Gasteiger partial charge is 0.348 e. The number of rotatable bonds is 8. The number of nitrogens with zero attached hydrogens (tertiary/aromatic N) is 4. The zero-order chi connectivity index (χ0) is 21.5. The summed E-state index contributed by atoms with van der Waals surface area (Å²) in [4.78, 5) is 28.4. The molecular formula is C23H29N5OS2. The topological polar surface area (TPSA) is 71.0 Å². The van der Waals surface area contributed by atoms with Crippen LogP contribution in [0.2, 0.25) is 0 Å². The van der Waals surface area contributed by atoms with Crippen molar-refractivity contribution < 1.29 is 4.79 Å². The van der Waals surface area contributed by atoms with Crippen LogP contribution in [-0.2, 0) is 11.2 Å². The Morgan fingerprint density at radius 2 is 1.90 bits per heavy atom. The van der Waals surface area contributed by atoms with Gasteiger partial charge in [-0.25, -0.2) is 9.97 Å². The molecule has 0 radical (unpaired) electrons. The number of thioether (sulfide) groups is 1. The molecule has 8 heteroatoms. The highest BCUT2D eigenvalue weighted by atomic mass is 32.2. The van der Waals surface area contributed by atoms with Gasteiger partial charge in [0, 0.05) is 18.8 Å². The molecule has 1 saturated heterocycles. The summed E-state index contributed by atoms with van der Waals surface area (Å²) < 4.78 is 0.972. The lowest BCUT2D eigenvalue weighted by Crippen LogP contribution is -2.23. The minimum Gasteiger partial charge on any atom is -0.348 e. The molecule has 1 amide bonds. The van der Waals surface area contributed by atoms with Crippen LogP contribution in [0.15, 0.2) is 35.6 Å². The maximum atomic E-state index is 12.5. The van der Waals surface area contributed by atoms with Gasteiger partial charge < -0.3 is 10.2 Å². The molecule has 2 aromatic heterocycles. The molecular weight excluding hydrogens is 426 g/mol. The smallest absolute Gasteiger partial charge is 0.234 e. The van der Waals surface area contributed by atoms with Crippen LogP contribution in [-0.4, -0.2) is 39.7 Å². The van der Waals surface area contributed by atoms with Crippen molar-refractivity contribution in [3.05, 3.63) is 36.2 Å². The van der Waals surface area contributed by atoms with Crippen molar-refractivity contribution in [1.29, 1.82) is 0 Å². The van der Waals surface area contributed by atoms with E-state index in [1.54, 1.807) is 17.7 Å². The van der Waals surface area contributed by atoms with Crippen LogP contribution in [0.25, 0.3) is 10.3 Å². The van der Waals surface area contributed by atoms with Crippen molar-refractivity contribution in [2.45, 2.75) is 56.9 Å². The number of hydrogen-bond acceptors (Lipinski definition) is 7. The summed E-state index contributed by atoms with van der Waals surface area (Å²) in [6, 6.07) is 8.14. The third kappa shape index (κ3) is 5.95. The number of thiazole rings is 1. The summed E-state index contributed by atoms with van der Waals surface area (Å²) >= 11 is 3.08. The summed E-state index contributed by atoms with van der Waals surface area (Å²) in [7, 11) is 0. The van der Waals surface area contributed by atoms with Gasteiger partial charge in [0.1, 0.15) is 16.1 Å². The third-order valence-electron chi connectivity index (χ3n) is 5.42. The first kappa shape index (κ1) is 22.0. The standard InChI is InChI=1S/C23H29N5OS2/c1-2-3-8-17-9-11-18(12-10-17)26-19(29)15-30-22-20-21(24-16-25-22)27-23(31-20)28-13-6-4-5-7-14-28/h9-12,16H,2-8,13-15H2,1H3,(H,26,29). The molecule has 3 aromatic rings. The van der Waals surface area contributed by atoms with Gasteiger partial charge in [-0.05, 0) is 43.4 Å². The molecule has 0 aliphatic carbocycles. The predicted octanol–water partition coefficient (Wildman–Crippen LogP) is 5.54. The van der Waals surface area contributed by atoms with E-state index in [0.717, 1.165) is 45.7 Å². The van der Waals surface area contributed by atoms with Crippen LogP contribution >= 0.6 is 23.1 Å². The number of amides is 1. The lowest BCUT2D eigenvalue weighted by Gasteiger charge is -2.18. The molecule has 1 aliphatic rings. The van der Waals surface area contributed by atoms with Gasteiger partial charge in [0.25, 0.3) is 0 Å². The van der Waals surface area contributed by atoms with Crippen LogP contribution in [0, 0.1) is 0 Å². The fourth-order valence-electron chi connectivity index (χ4n) is 3.69. The Balaban J connectivity index is 1.37. The SMILES string of the molecule is CCCCc1ccc(NC(=O)CSc2ncnc3nc(N4CCCCCC4)sc23)cc1. The summed E-state index contributed by atoms with van der Waals surface area (Å²) in [5, 5.41) is 4.83. The van der Waals surface area contributed by atoms with Gasteiger partial charge in [0.2, 0.25) is 5.91 Å². The molecule has 1 aliphatic heterocycles. The Hall–Kier alpha value is -2.19.